The second-order valence-corrected chi connectivity index (χ2v) is 31.1. The molecule has 12 aromatic carbocycles. The first-order valence-electron chi connectivity index (χ1n) is 34.0. The number of unbranched alkanes of at least 4 members (excludes halogenated alkanes) is 1. The third kappa shape index (κ3) is 15.4. The maximum atomic E-state index is 15.2. The summed E-state index contributed by atoms with van der Waals surface area (Å²) in [6.07, 6.45) is -22.0. The van der Waals surface area contributed by atoms with Gasteiger partial charge in [-0.2, -0.15) is 52.7 Å². The molecule has 0 radical (unpaired) electrons. The summed E-state index contributed by atoms with van der Waals surface area (Å²) in [4.78, 5) is 18.1. The number of aryl methyl sites for hydroxylation is 4. The van der Waals surface area contributed by atoms with E-state index in [1.807, 2.05) is 55.5 Å². The Labute approximate surface area is 628 Å². The zero-order valence-electron chi connectivity index (χ0n) is 57.9. The molecule has 0 aliphatic heterocycles. The summed E-state index contributed by atoms with van der Waals surface area (Å²) >= 11 is 1.61. The number of hydrogen-bond donors (Lipinski definition) is 0. The molecule has 13 aromatic rings. The second kappa shape index (κ2) is 30.3. The Balaban J connectivity index is 0.595. The number of rotatable bonds is 23. The van der Waals surface area contributed by atoms with E-state index >= 15 is 52.7 Å². The highest BCUT2D eigenvalue weighted by molar-refractivity contribution is 7.91. The molecule has 0 aliphatic rings. The Hall–Kier alpha value is -11.3. The average Bonchev–Trinajstić information content (AvgIpc) is 0.819. The minimum Gasteiger partial charge on any atom is -0.457 e. The first-order valence-corrected chi connectivity index (χ1v) is 37.8. The summed E-state index contributed by atoms with van der Waals surface area (Å²) in [5.41, 5.74) is -5.97. The van der Waals surface area contributed by atoms with Crippen LogP contribution in [0.2, 0.25) is 0 Å². The minimum atomic E-state index is -5.94. The fourth-order valence-electron chi connectivity index (χ4n) is 13.1. The Morgan fingerprint density at radius 3 is 1.05 bits per heavy atom. The quantitative estimate of drug-likeness (QED) is 0.0349. The van der Waals surface area contributed by atoms with Gasteiger partial charge in [0.1, 0.15) is 39.5 Å². The molecule has 0 amide bonds. The van der Waals surface area contributed by atoms with Crippen LogP contribution in [0.4, 0.5) is 52.7 Å². The van der Waals surface area contributed by atoms with Gasteiger partial charge in [0.15, 0.2) is 5.78 Å². The number of thiazole rings is 1. The Kier molecular flexibility index (Phi) is 21.1. The zero-order chi connectivity index (χ0) is 78.2. The molecule has 0 N–H and O–H groups in total. The number of fused-ring (bicyclic) bond motifs is 1. The lowest BCUT2D eigenvalue weighted by molar-refractivity contribution is -0.290. The van der Waals surface area contributed by atoms with Gasteiger partial charge in [-0.05, 0) is 241 Å². The van der Waals surface area contributed by atoms with Crippen LogP contribution in [0.25, 0.3) is 31.9 Å². The van der Waals surface area contributed by atoms with E-state index in [2.05, 4.69) is 6.07 Å². The SMILES string of the molecule is Cc1ccc(S(=O)(=O)c2ccc(Oc3ccc(C(c4ccc(Oc5ccc(S(=O)(=O)c6ccc(CCCCc7ccc(C(c8ccc(Oc9ccc(C(=O)c%10ccc(-c%11ccc(C)c(-c%12nc%13ccccc%13s%12)c%11)cc%10)cc9)cc8)(C(F)(F)F)C(F)(F)F)cc7)cc6)cc5)cc4)(C(F)(F)F)C(F)(F)F)cc3)cc2)cc1. The molecule has 0 unspecified atom stereocenters. The highest BCUT2D eigenvalue weighted by atomic mass is 32.2. The maximum Gasteiger partial charge on any atom is 0.411 e. The van der Waals surface area contributed by atoms with Crippen molar-refractivity contribution in [3.8, 4) is 56.2 Å². The van der Waals surface area contributed by atoms with Crippen molar-refractivity contribution in [1.82, 2.24) is 4.98 Å². The number of nitrogens with zero attached hydrogens (tertiary/aromatic N) is 1. The molecule has 0 saturated carbocycles. The molecule has 1 aromatic heterocycles. The molecule has 110 heavy (non-hydrogen) atoms. The zero-order valence-corrected chi connectivity index (χ0v) is 60.4. The molecule has 0 saturated heterocycles. The van der Waals surface area contributed by atoms with Gasteiger partial charge in [-0.1, -0.05) is 139 Å². The molecule has 13 rings (SSSR count). The molecular formula is C86H61F12NO8S3. The maximum absolute atomic E-state index is 15.2. The first kappa shape index (κ1) is 76.8. The summed E-state index contributed by atoms with van der Waals surface area (Å²) in [6.45, 7) is 3.81. The van der Waals surface area contributed by atoms with Crippen molar-refractivity contribution in [3.63, 3.8) is 0 Å². The molecule has 0 spiro atoms. The fourth-order valence-corrected chi connectivity index (χ4v) is 16.7. The third-order valence-electron chi connectivity index (χ3n) is 19.0. The Morgan fingerprint density at radius 1 is 0.364 bits per heavy atom. The standard InChI is InChI=1S/C86H61F12NO8S3/c1-54-11-45-72(46-12-54)109(101,102)74-49-41-70(42-50-74)106-68-37-29-64(30-38-68)82(85(93,94)95,86(96,97)98)65-31-39-69(40-32-65)107-71-43-51-75(52-44-71)110(103,104)73-47-16-57(17-48-73)8-4-3-7-56-14-25-62(26-15-56)81(83(87,88)89,84(90,91)92)63-27-35-67(36-28-63)105-66-33-23-60(24-34-66)79(100)59-21-19-58(20-22-59)61-18-13-55(2)76(53-61)80-99-77-9-5-6-10-78(77)108-80/h5-6,9-53H,3-4,7-8H2,1-2H3. The van der Waals surface area contributed by atoms with Crippen LogP contribution >= 0.6 is 11.3 Å². The number of carbonyl (C=O) groups excluding carboxylic acids is 1. The van der Waals surface area contributed by atoms with Gasteiger partial charge >= 0.3 is 24.7 Å². The first-order chi connectivity index (χ1) is 52.2. The third-order valence-corrected chi connectivity index (χ3v) is 23.7. The van der Waals surface area contributed by atoms with Crippen molar-refractivity contribution in [2.24, 2.45) is 0 Å². The van der Waals surface area contributed by atoms with Crippen molar-refractivity contribution in [2.75, 3.05) is 0 Å². The van der Waals surface area contributed by atoms with Crippen LogP contribution < -0.4 is 14.2 Å². The number of carbonyl (C=O) groups is 1. The lowest BCUT2D eigenvalue weighted by Gasteiger charge is -2.38. The van der Waals surface area contributed by atoms with Gasteiger partial charge in [-0.3, -0.25) is 4.79 Å². The molecule has 560 valence electrons. The average molecular weight is 1560 g/mol. The van der Waals surface area contributed by atoms with Crippen LogP contribution in [-0.4, -0.2) is 52.3 Å². The van der Waals surface area contributed by atoms with Crippen molar-refractivity contribution in [1.29, 1.82) is 0 Å². The van der Waals surface area contributed by atoms with E-state index in [0.29, 0.717) is 65.8 Å². The molecule has 0 aliphatic carbocycles. The fraction of sp³-hybridized carbons (Fsp3) is 0.140. The van der Waals surface area contributed by atoms with E-state index in [9.17, 15) is 21.6 Å². The van der Waals surface area contributed by atoms with E-state index in [-0.39, 0.29) is 66.3 Å². The van der Waals surface area contributed by atoms with Crippen molar-refractivity contribution >= 4 is 47.0 Å². The van der Waals surface area contributed by atoms with Gasteiger partial charge in [0, 0.05) is 16.7 Å². The van der Waals surface area contributed by atoms with E-state index < -0.39 is 77.5 Å². The van der Waals surface area contributed by atoms with Crippen LogP contribution in [0.5, 0.6) is 34.5 Å². The lowest BCUT2D eigenvalue weighted by Crippen LogP contribution is -2.54. The molecule has 1 heterocycles. The number of benzene rings is 12. The molecule has 0 bridgehead atoms. The van der Waals surface area contributed by atoms with Gasteiger partial charge < -0.3 is 14.2 Å². The predicted octanol–water partition coefficient (Wildman–Crippen LogP) is 23.9. The predicted molar refractivity (Wildman–Crippen MR) is 395 cm³/mol. The molecule has 0 fully saturated rings. The van der Waals surface area contributed by atoms with E-state index in [1.165, 1.54) is 109 Å². The molecule has 9 nitrogen and oxygen atoms in total. The monoisotopic (exact) mass is 1560 g/mol. The normalized spacial score (nSPS) is 12.6. The molecule has 24 heteroatoms. The number of ether oxygens (including phenoxy) is 3. The summed E-state index contributed by atoms with van der Waals surface area (Å²) in [5, 5.41) is 0.898. The highest BCUT2D eigenvalue weighted by Gasteiger charge is 2.73. The van der Waals surface area contributed by atoms with Crippen LogP contribution in [0, 0.1) is 13.8 Å². The molecule has 0 atom stereocenters. The summed E-state index contributed by atoms with van der Waals surface area (Å²) < 4.78 is 254. The Morgan fingerprint density at radius 2 is 0.673 bits per heavy atom. The second-order valence-electron chi connectivity index (χ2n) is 26.1. The molecular weight excluding hydrogens is 1500 g/mol. The smallest absolute Gasteiger partial charge is 0.411 e. The number of sulfone groups is 2. The van der Waals surface area contributed by atoms with E-state index in [4.69, 9.17) is 19.2 Å². The van der Waals surface area contributed by atoms with Crippen LogP contribution in [0.15, 0.2) is 305 Å². The summed E-state index contributed by atoms with van der Waals surface area (Å²) in [6, 6.07) is 62.7. The van der Waals surface area contributed by atoms with Gasteiger partial charge in [-0.25, -0.2) is 21.8 Å². The highest BCUT2D eigenvalue weighted by Crippen LogP contribution is 2.58. The topological polar surface area (TPSA) is 126 Å². The summed E-state index contributed by atoms with van der Waals surface area (Å²) in [7, 11) is -8.08. The van der Waals surface area contributed by atoms with Gasteiger partial charge in [0.05, 0.1) is 29.8 Å². The largest absolute Gasteiger partial charge is 0.457 e. The van der Waals surface area contributed by atoms with Gasteiger partial charge in [0.25, 0.3) is 0 Å². The number of aromatic nitrogens is 1. The van der Waals surface area contributed by atoms with Crippen molar-refractivity contribution in [2.45, 2.75) is 94.6 Å². The van der Waals surface area contributed by atoms with Gasteiger partial charge in [-0.15, -0.1) is 11.3 Å². The van der Waals surface area contributed by atoms with Crippen molar-refractivity contribution < 1.29 is 88.5 Å². The van der Waals surface area contributed by atoms with E-state index in [0.717, 1.165) is 104 Å². The van der Waals surface area contributed by atoms with Crippen molar-refractivity contribution in [3.05, 3.63) is 341 Å². The number of ketones is 1. The summed E-state index contributed by atoms with van der Waals surface area (Å²) in [5.74, 6) is -0.508. The number of para-hydroxylation sites is 1. The van der Waals surface area contributed by atoms with Crippen LogP contribution in [0.1, 0.15) is 73.3 Å². The number of halogens is 12. The minimum absolute atomic E-state index is 0.0185. The number of hydrogen-bond acceptors (Lipinski definition) is 10. The van der Waals surface area contributed by atoms with Crippen LogP contribution in [0.3, 0.4) is 0 Å². The number of alkyl halides is 12. The van der Waals surface area contributed by atoms with E-state index in [1.54, 1.807) is 54.7 Å². The lowest BCUT2D eigenvalue weighted by atomic mass is 9.72. The van der Waals surface area contributed by atoms with Gasteiger partial charge in [0.2, 0.25) is 30.5 Å². The Bertz CT molecular complexity index is 5640. The van der Waals surface area contributed by atoms with Crippen LogP contribution in [-0.2, 0) is 43.3 Å².